The van der Waals surface area contributed by atoms with Crippen LogP contribution in [0, 0.1) is 0 Å². The van der Waals surface area contributed by atoms with Crippen LogP contribution in [0.1, 0.15) is 38.7 Å². The number of sulfone groups is 1. The van der Waals surface area contributed by atoms with E-state index in [0.29, 0.717) is 5.92 Å². The number of hydrogen-bond donors (Lipinski definition) is 1. The second kappa shape index (κ2) is 5.52. The molecule has 0 aliphatic rings. The minimum Gasteiger partial charge on any atom is -0.480 e. The van der Waals surface area contributed by atoms with E-state index in [9.17, 15) is 13.2 Å². The Balaban J connectivity index is 3.16. The molecule has 0 spiro atoms. The van der Waals surface area contributed by atoms with Crippen LogP contribution in [0.2, 0.25) is 0 Å². The summed E-state index contributed by atoms with van der Waals surface area (Å²) in [5.41, 5.74) is 1.03. The molecule has 0 bridgehead atoms. The van der Waals surface area contributed by atoms with E-state index in [1.165, 1.54) is 12.1 Å². The number of carboxylic acids is 1. The van der Waals surface area contributed by atoms with Gasteiger partial charge in [0.15, 0.2) is 15.1 Å². The first-order valence-electron chi connectivity index (χ1n) is 5.87. The molecule has 1 aromatic rings. The van der Waals surface area contributed by atoms with E-state index in [2.05, 4.69) is 0 Å². The maximum Gasteiger partial charge on any atom is 0.322 e. The van der Waals surface area contributed by atoms with Crippen LogP contribution in [-0.4, -0.2) is 24.7 Å². The molecule has 0 saturated heterocycles. The Bertz CT molecular complexity index is 514. The highest BCUT2D eigenvalue weighted by molar-refractivity contribution is 7.92. The van der Waals surface area contributed by atoms with Crippen molar-refractivity contribution < 1.29 is 18.3 Å². The van der Waals surface area contributed by atoms with E-state index in [1.807, 2.05) is 13.8 Å². The van der Waals surface area contributed by atoms with Crippen molar-refractivity contribution in [1.29, 1.82) is 0 Å². The molecule has 0 aliphatic heterocycles. The largest absolute Gasteiger partial charge is 0.480 e. The summed E-state index contributed by atoms with van der Waals surface area (Å²) in [5, 5.41) is 7.56. The second-order valence-electron chi connectivity index (χ2n) is 4.50. The van der Waals surface area contributed by atoms with Crippen LogP contribution in [0.25, 0.3) is 0 Å². The van der Waals surface area contributed by atoms with Gasteiger partial charge in [-0.15, -0.1) is 0 Å². The normalized spacial score (nSPS) is 13.6. The molecule has 4 nitrogen and oxygen atoms in total. The van der Waals surface area contributed by atoms with Gasteiger partial charge in [0.05, 0.1) is 4.90 Å². The summed E-state index contributed by atoms with van der Waals surface area (Å²) in [4.78, 5) is 11.0. The standard InChI is InChI=1S/C13H18O4S/c1-4-12(13(14)15)18(16,17)11-7-5-10(6-8-11)9(2)3/h5-9,12H,4H2,1-3H3,(H,14,15). The van der Waals surface area contributed by atoms with Crippen LogP contribution in [0.5, 0.6) is 0 Å². The summed E-state index contributed by atoms with van der Waals surface area (Å²) in [6.45, 7) is 5.57. The van der Waals surface area contributed by atoms with Gasteiger partial charge in [-0.05, 0) is 30.0 Å². The van der Waals surface area contributed by atoms with Gasteiger partial charge in [0.2, 0.25) is 0 Å². The Morgan fingerprint density at radius 3 is 2.06 bits per heavy atom. The summed E-state index contributed by atoms with van der Waals surface area (Å²) in [6.07, 6.45) is 0.0591. The monoisotopic (exact) mass is 270 g/mol. The fraction of sp³-hybridized carbons (Fsp3) is 0.462. The SMILES string of the molecule is CCC(C(=O)O)S(=O)(=O)c1ccc(C(C)C)cc1. The molecule has 1 N–H and O–H groups in total. The zero-order valence-electron chi connectivity index (χ0n) is 10.8. The van der Waals surface area contributed by atoms with Gasteiger partial charge < -0.3 is 5.11 Å². The van der Waals surface area contributed by atoms with E-state index in [0.717, 1.165) is 5.56 Å². The minimum atomic E-state index is -3.79. The summed E-state index contributed by atoms with van der Waals surface area (Å²) >= 11 is 0. The van der Waals surface area contributed by atoms with Crippen LogP contribution >= 0.6 is 0 Å². The van der Waals surface area contributed by atoms with E-state index < -0.39 is 21.1 Å². The maximum absolute atomic E-state index is 12.1. The van der Waals surface area contributed by atoms with Gasteiger partial charge >= 0.3 is 5.97 Å². The molecule has 0 aliphatic carbocycles. The highest BCUT2D eigenvalue weighted by atomic mass is 32.2. The van der Waals surface area contributed by atoms with E-state index >= 15 is 0 Å². The van der Waals surface area contributed by atoms with Gasteiger partial charge in [-0.2, -0.15) is 0 Å². The third-order valence-electron chi connectivity index (χ3n) is 2.90. The first kappa shape index (κ1) is 14.7. The smallest absolute Gasteiger partial charge is 0.322 e. The van der Waals surface area contributed by atoms with Gasteiger partial charge in [0.1, 0.15) is 0 Å². The Morgan fingerprint density at radius 1 is 1.22 bits per heavy atom. The van der Waals surface area contributed by atoms with E-state index in [-0.39, 0.29) is 11.3 Å². The predicted octanol–water partition coefficient (Wildman–Crippen LogP) is 2.45. The lowest BCUT2D eigenvalue weighted by atomic mass is 10.0. The molecule has 1 atom stereocenters. The van der Waals surface area contributed by atoms with Crippen LogP contribution in [0.3, 0.4) is 0 Å². The van der Waals surface area contributed by atoms with Crippen LogP contribution in [-0.2, 0) is 14.6 Å². The van der Waals surface area contributed by atoms with Crippen molar-refractivity contribution in [2.75, 3.05) is 0 Å². The topological polar surface area (TPSA) is 71.4 Å². The number of hydrogen-bond acceptors (Lipinski definition) is 3. The van der Waals surface area contributed by atoms with Gasteiger partial charge in [-0.1, -0.05) is 32.9 Å². The number of carbonyl (C=O) groups is 1. The second-order valence-corrected chi connectivity index (χ2v) is 6.63. The molecule has 0 fully saturated rings. The van der Waals surface area contributed by atoms with Crippen LogP contribution in [0.15, 0.2) is 29.2 Å². The van der Waals surface area contributed by atoms with E-state index in [4.69, 9.17) is 5.11 Å². The number of benzene rings is 1. The number of rotatable bonds is 5. The Kier molecular flexibility index (Phi) is 4.51. The molecule has 100 valence electrons. The molecule has 1 aromatic carbocycles. The zero-order valence-corrected chi connectivity index (χ0v) is 11.6. The molecular weight excluding hydrogens is 252 g/mol. The third-order valence-corrected chi connectivity index (χ3v) is 5.11. The molecule has 0 heterocycles. The lowest BCUT2D eigenvalue weighted by molar-refractivity contribution is -0.136. The molecule has 5 heteroatoms. The highest BCUT2D eigenvalue weighted by Gasteiger charge is 2.32. The van der Waals surface area contributed by atoms with E-state index in [1.54, 1.807) is 19.1 Å². The van der Waals surface area contributed by atoms with Crippen molar-refractivity contribution in [3.05, 3.63) is 29.8 Å². The average molecular weight is 270 g/mol. The Morgan fingerprint density at radius 2 is 1.72 bits per heavy atom. The lowest BCUT2D eigenvalue weighted by Gasteiger charge is -2.12. The lowest BCUT2D eigenvalue weighted by Crippen LogP contribution is -2.29. The van der Waals surface area contributed by atoms with Gasteiger partial charge in [0.25, 0.3) is 0 Å². The third kappa shape index (κ3) is 2.90. The zero-order chi connectivity index (χ0) is 13.9. The molecule has 0 amide bonds. The molecule has 0 aromatic heterocycles. The number of aliphatic carboxylic acids is 1. The van der Waals surface area contributed by atoms with Gasteiger partial charge in [-0.25, -0.2) is 8.42 Å². The summed E-state index contributed by atoms with van der Waals surface area (Å²) in [6, 6.07) is 6.42. The molecule has 1 rings (SSSR count). The highest BCUT2D eigenvalue weighted by Crippen LogP contribution is 2.21. The van der Waals surface area contributed by atoms with Crippen molar-refractivity contribution in [1.82, 2.24) is 0 Å². The first-order valence-corrected chi connectivity index (χ1v) is 7.42. The summed E-state index contributed by atoms with van der Waals surface area (Å²) in [7, 11) is -3.79. The van der Waals surface area contributed by atoms with Gasteiger partial charge in [0, 0.05) is 0 Å². The predicted molar refractivity (Wildman–Crippen MR) is 69.4 cm³/mol. The quantitative estimate of drug-likeness (QED) is 0.892. The molecular formula is C13H18O4S. The Labute approximate surface area is 108 Å². The van der Waals surface area contributed by atoms with Crippen molar-refractivity contribution >= 4 is 15.8 Å². The minimum absolute atomic E-state index is 0.0591. The number of carboxylic acid groups (broad SMARTS) is 1. The fourth-order valence-corrected chi connectivity index (χ4v) is 3.28. The molecule has 1 unspecified atom stereocenters. The first-order chi connectivity index (χ1) is 8.30. The molecule has 18 heavy (non-hydrogen) atoms. The summed E-state index contributed by atoms with van der Waals surface area (Å²) in [5.74, 6) is -0.992. The van der Waals surface area contributed by atoms with Crippen molar-refractivity contribution in [2.45, 2.75) is 43.3 Å². The average Bonchev–Trinajstić information content (AvgIpc) is 2.29. The Hall–Kier alpha value is -1.36. The summed E-state index contributed by atoms with van der Waals surface area (Å²) < 4.78 is 24.2. The fourth-order valence-electron chi connectivity index (χ4n) is 1.73. The van der Waals surface area contributed by atoms with Crippen molar-refractivity contribution in [2.24, 2.45) is 0 Å². The maximum atomic E-state index is 12.1. The van der Waals surface area contributed by atoms with Gasteiger partial charge in [-0.3, -0.25) is 4.79 Å². The van der Waals surface area contributed by atoms with Crippen LogP contribution < -0.4 is 0 Å². The molecule has 0 saturated carbocycles. The van der Waals surface area contributed by atoms with Crippen molar-refractivity contribution in [3.63, 3.8) is 0 Å². The van der Waals surface area contributed by atoms with Crippen LogP contribution in [0.4, 0.5) is 0 Å². The van der Waals surface area contributed by atoms with Crippen molar-refractivity contribution in [3.8, 4) is 0 Å². The molecule has 0 radical (unpaired) electrons.